The molecule has 1 aliphatic carbocycles. The van der Waals surface area contributed by atoms with Crippen molar-refractivity contribution in [2.45, 2.75) is 32.2 Å². The van der Waals surface area contributed by atoms with Crippen molar-refractivity contribution >= 4 is 9.28 Å². The van der Waals surface area contributed by atoms with E-state index in [1.54, 1.807) is 0 Å². The van der Waals surface area contributed by atoms with Crippen molar-refractivity contribution in [1.82, 2.24) is 0 Å². The maximum Gasteiger partial charge on any atom is 0.321 e. The Bertz CT molecular complexity index is 160. The molecule has 1 saturated carbocycles. The minimum atomic E-state index is -2.43. The highest BCUT2D eigenvalue weighted by atomic mass is 28.3. The third-order valence-electron chi connectivity index (χ3n) is 2.14. The third-order valence-corrected chi connectivity index (χ3v) is 4.50. The molecule has 0 N–H and O–H groups in total. The van der Waals surface area contributed by atoms with Gasteiger partial charge in [0.2, 0.25) is 0 Å². The van der Waals surface area contributed by atoms with Gasteiger partial charge in [-0.1, -0.05) is 0 Å². The number of hydrogen-bond donors (Lipinski definition) is 0. The van der Waals surface area contributed by atoms with Gasteiger partial charge in [0, 0.05) is 25.6 Å². The molecule has 0 heterocycles. The van der Waals surface area contributed by atoms with E-state index in [9.17, 15) is 8.78 Å². The smallest absolute Gasteiger partial charge is 0.321 e. The Kier molecular flexibility index (Phi) is 3.82. The molecule has 0 aromatic heterocycles. The summed E-state index contributed by atoms with van der Waals surface area (Å²) in [5, 5.41) is 0. The molecule has 0 spiro atoms. The van der Waals surface area contributed by atoms with Gasteiger partial charge in [-0.25, -0.2) is 8.78 Å². The van der Waals surface area contributed by atoms with Crippen LogP contribution >= 0.6 is 0 Å². The van der Waals surface area contributed by atoms with Crippen molar-refractivity contribution in [1.29, 1.82) is 0 Å². The van der Waals surface area contributed by atoms with Crippen LogP contribution < -0.4 is 0 Å². The van der Waals surface area contributed by atoms with E-state index in [0.29, 0.717) is 19.3 Å². The Morgan fingerprint density at radius 1 is 1.31 bits per heavy atom. The zero-order valence-corrected chi connectivity index (χ0v) is 9.21. The van der Waals surface area contributed by atoms with Crippen molar-refractivity contribution in [2.75, 3.05) is 13.2 Å². The van der Waals surface area contributed by atoms with Gasteiger partial charge >= 0.3 is 9.28 Å². The van der Waals surface area contributed by atoms with E-state index >= 15 is 0 Å². The molecule has 0 radical (unpaired) electrons. The SMILES string of the molecule is CCO[SiH](CC1CC1(F)F)OCC. The first-order chi connectivity index (χ1) is 6.10. The quantitative estimate of drug-likeness (QED) is 0.624. The first kappa shape index (κ1) is 11.1. The topological polar surface area (TPSA) is 18.5 Å². The Balaban J connectivity index is 2.23. The summed E-state index contributed by atoms with van der Waals surface area (Å²) in [5.74, 6) is -2.90. The Labute approximate surface area is 79.1 Å². The molecule has 13 heavy (non-hydrogen) atoms. The minimum absolute atomic E-state index is 0.0245. The van der Waals surface area contributed by atoms with Crippen molar-refractivity contribution in [3.05, 3.63) is 0 Å². The van der Waals surface area contributed by atoms with Crippen LogP contribution in [0.25, 0.3) is 0 Å². The molecule has 0 aromatic carbocycles. The van der Waals surface area contributed by atoms with E-state index in [-0.39, 0.29) is 6.42 Å². The van der Waals surface area contributed by atoms with Gasteiger partial charge in [-0.05, 0) is 19.9 Å². The average Bonchev–Trinajstić information content (AvgIpc) is 2.59. The van der Waals surface area contributed by atoms with Crippen LogP contribution in [0.1, 0.15) is 20.3 Å². The molecule has 1 aliphatic rings. The van der Waals surface area contributed by atoms with E-state index in [2.05, 4.69) is 0 Å². The third kappa shape index (κ3) is 3.32. The van der Waals surface area contributed by atoms with E-state index in [1.165, 1.54) is 0 Å². The zero-order chi connectivity index (χ0) is 9.90. The largest absolute Gasteiger partial charge is 0.397 e. The van der Waals surface area contributed by atoms with Crippen molar-refractivity contribution in [3.8, 4) is 0 Å². The summed E-state index contributed by atoms with van der Waals surface area (Å²) < 4.78 is 35.7. The number of rotatable bonds is 6. The van der Waals surface area contributed by atoms with Gasteiger partial charge in [0.1, 0.15) is 0 Å². The number of hydrogen-bond acceptors (Lipinski definition) is 2. The van der Waals surface area contributed by atoms with Crippen LogP contribution in [0.5, 0.6) is 0 Å². The predicted octanol–water partition coefficient (Wildman–Crippen LogP) is 1.94. The fourth-order valence-electron chi connectivity index (χ4n) is 1.31. The van der Waals surface area contributed by atoms with Crippen LogP contribution in [0.2, 0.25) is 6.04 Å². The second-order valence-electron chi connectivity index (χ2n) is 3.24. The molecule has 2 nitrogen and oxygen atoms in total. The molecule has 0 aliphatic heterocycles. The highest BCUT2D eigenvalue weighted by Crippen LogP contribution is 2.51. The van der Waals surface area contributed by atoms with Gasteiger partial charge in [-0.15, -0.1) is 0 Å². The maximum atomic E-state index is 12.5. The highest BCUT2D eigenvalue weighted by Gasteiger charge is 2.57. The standard InChI is InChI=1S/C8H16F2O2Si/c1-3-11-13(12-4-2)6-7-5-8(7,9)10/h7,13H,3-6H2,1-2H3. The molecule has 78 valence electrons. The normalized spacial score (nSPS) is 25.2. The lowest BCUT2D eigenvalue weighted by atomic mass is 10.5. The van der Waals surface area contributed by atoms with Crippen molar-refractivity contribution in [3.63, 3.8) is 0 Å². The number of alkyl halides is 2. The summed E-state index contributed by atoms with van der Waals surface area (Å²) in [4.78, 5) is 0. The second kappa shape index (κ2) is 4.48. The second-order valence-corrected chi connectivity index (χ2v) is 5.24. The first-order valence-electron chi connectivity index (χ1n) is 4.71. The lowest BCUT2D eigenvalue weighted by Crippen LogP contribution is -2.24. The van der Waals surface area contributed by atoms with Crippen LogP contribution in [-0.2, 0) is 8.85 Å². The van der Waals surface area contributed by atoms with Crippen LogP contribution in [-0.4, -0.2) is 28.4 Å². The minimum Gasteiger partial charge on any atom is -0.397 e. The molecular formula is C8H16F2O2Si. The van der Waals surface area contributed by atoms with E-state index in [1.807, 2.05) is 13.8 Å². The Morgan fingerprint density at radius 2 is 1.77 bits per heavy atom. The molecule has 1 rings (SSSR count). The van der Waals surface area contributed by atoms with Gasteiger partial charge in [0.05, 0.1) is 0 Å². The lowest BCUT2D eigenvalue weighted by molar-refractivity contribution is 0.0991. The fraction of sp³-hybridized carbons (Fsp3) is 1.00. The zero-order valence-electron chi connectivity index (χ0n) is 8.06. The Morgan fingerprint density at radius 3 is 2.08 bits per heavy atom. The van der Waals surface area contributed by atoms with Crippen LogP contribution in [0, 0.1) is 5.92 Å². The van der Waals surface area contributed by atoms with Gasteiger partial charge in [-0.2, -0.15) is 0 Å². The summed E-state index contributed by atoms with van der Waals surface area (Å²) in [6, 6.07) is 0.453. The summed E-state index contributed by atoms with van der Waals surface area (Å²) in [7, 11) is -1.79. The molecule has 1 atom stereocenters. The van der Waals surface area contributed by atoms with Crippen LogP contribution in [0.4, 0.5) is 8.78 Å². The first-order valence-corrected chi connectivity index (χ1v) is 6.47. The van der Waals surface area contributed by atoms with E-state index in [0.717, 1.165) is 0 Å². The Hall–Kier alpha value is -0.00312. The molecular weight excluding hydrogens is 194 g/mol. The molecule has 1 unspecified atom stereocenters. The van der Waals surface area contributed by atoms with E-state index in [4.69, 9.17) is 8.85 Å². The molecule has 0 bridgehead atoms. The summed E-state index contributed by atoms with van der Waals surface area (Å²) in [5.41, 5.74) is 0. The maximum absolute atomic E-state index is 12.5. The van der Waals surface area contributed by atoms with Crippen molar-refractivity contribution < 1.29 is 17.6 Å². The monoisotopic (exact) mass is 210 g/mol. The average molecular weight is 210 g/mol. The molecule has 5 heteroatoms. The highest BCUT2D eigenvalue weighted by molar-refractivity contribution is 6.44. The molecule has 1 fully saturated rings. The van der Waals surface area contributed by atoms with E-state index < -0.39 is 21.1 Å². The molecule has 0 aromatic rings. The van der Waals surface area contributed by atoms with Crippen LogP contribution in [0.3, 0.4) is 0 Å². The number of halogens is 2. The van der Waals surface area contributed by atoms with Crippen LogP contribution in [0.15, 0.2) is 0 Å². The summed E-state index contributed by atoms with van der Waals surface area (Å²) in [6.07, 6.45) is 0.0245. The summed E-state index contributed by atoms with van der Waals surface area (Å²) >= 11 is 0. The van der Waals surface area contributed by atoms with Gasteiger partial charge in [-0.3, -0.25) is 0 Å². The van der Waals surface area contributed by atoms with Crippen molar-refractivity contribution in [2.24, 2.45) is 5.92 Å². The summed E-state index contributed by atoms with van der Waals surface area (Å²) in [6.45, 7) is 4.86. The molecule has 0 saturated heterocycles. The molecule has 0 amide bonds. The van der Waals surface area contributed by atoms with Gasteiger partial charge in [0.25, 0.3) is 5.92 Å². The lowest BCUT2D eigenvalue weighted by Gasteiger charge is -2.13. The fourth-order valence-corrected chi connectivity index (χ4v) is 3.40. The predicted molar refractivity (Wildman–Crippen MR) is 48.3 cm³/mol. The van der Waals surface area contributed by atoms with Gasteiger partial charge < -0.3 is 8.85 Å². The van der Waals surface area contributed by atoms with Gasteiger partial charge in [0.15, 0.2) is 0 Å².